The molecule has 1 aromatic rings. The van der Waals surface area contributed by atoms with E-state index in [2.05, 4.69) is 0 Å². The zero-order chi connectivity index (χ0) is 11.9. The van der Waals surface area contributed by atoms with E-state index in [1.807, 2.05) is 0 Å². The molecule has 1 amide bonds. The summed E-state index contributed by atoms with van der Waals surface area (Å²) in [5, 5.41) is 0. The molecule has 2 N–H and O–H groups in total. The first-order valence-corrected chi connectivity index (χ1v) is 6.88. The Labute approximate surface area is 94.4 Å². The summed E-state index contributed by atoms with van der Waals surface area (Å²) in [5.74, 6) is -0.512. The van der Waals surface area contributed by atoms with Crippen molar-refractivity contribution >= 4 is 15.7 Å². The number of amides is 1. The van der Waals surface area contributed by atoms with Crippen molar-refractivity contribution < 1.29 is 13.2 Å². The van der Waals surface area contributed by atoms with Crippen LogP contribution < -0.4 is 5.73 Å². The Morgan fingerprint density at radius 1 is 1.31 bits per heavy atom. The van der Waals surface area contributed by atoms with Crippen LogP contribution in [0.1, 0.15) is 11.1 Å². The third-order valence-electron chi connectivity index (χ3n) is 2.94. The number of sulfone groups is 1. The molecule has 1 aromatic carbocycles. The van der Waals surface area contributed by atoms with Gasteiger partial charge in [0.1, 0.15) is 0 Å². The summed E-state index contributed by atoms with van der Waals surface area (Å²) in [7, 11) is -3.18. The van der Waals surface area contributed by atoms with Crippen LogP contribution in [0, 0.1) is 5.92 Å². The van der Waals surface area contributed by atoms with Gasteiger partial charge in [0, 0.05) is 12.2 Å². The van der Waals surface area contributed by atoms with Gasteiger partial charge < -0.3 is 5.73 Å². The molecule has 1 atom stereocenters. The summed E-state index contributed by atoms with van der Waals surface area (Å²) in [6.07, 6.45) is 2.35. The van der Waals surface area contributed by atoms with Crippen molar-refractivity contribution in [3.8, 4) is 0 Å². The minimum atomic E-state index is -3.18. The Hall–Kier alpha value is -1.36. The third-order valence-corrected chi connectivity index (χ3v) is 4.05. The second kappa shape index (κ2) is 3.59. The number of primary amides is 1. The standard InChI is InChI=1S/C11H13NO3S/c1-16(14,15)10-3-2-7-4-9(11(12)13)5-8(7)6-10/h2-3,6,9H,4-5H2,1H3,(H2,12,13). The number of benzene rings is 1. The number of fused-ring (bicyclic) bond motifs is 1. The molecule has 4 nitrogen and oxygen atoms in total. The van der Waals surface area contributed by atoms with Crippen LogP contribution in [-0.4, -0.2) is 20.6 Å². The second-order valence-electron chi connectivity index (χ2n) is 4.21. The molecule has 0 heterocycles. The van der Waals surface area contributed by atoms with E-state index in [4.69, 9.17) is 5.73 Å². The number of rotatable bonds is 2. The van der Waals surface area contributed by atoms with Crippen LogP contribution in [0.15, 0.2) is 23.1 Å². The molecule has 86 valence electrons. The average molecular weight is 239 g/mol. The molecule has 0 fully saturated rings. The lowest BCUT2D eigenvalue weighted by Crippen LogP contribution is -2.23. The van der Waals surface area contributed by atoms with Crippen LogP contribution in [0.3, 0.4) is 0 Å². The molecule has 0 spiro atoms. The zero-order valence-corrected chi connectivity index (χ0v) is 9.75. The number of carbonyl (C=O) groups excluding carboxylic acids is 1. The fourth-order valence-corrected chi connectivity index (χ4v) is 2.70. The summed E-state index contributed by atoms with van der Waals surface area (Å²) in [6, 6.07) is 5.00. The molecule has 16 heavy (non-hydrogen) atoms. The van der Waals surface area contributed by atoms with Crippen molar-refractivity contribution in [1.82, 2.24) is 0 Å². The van der Waals surface area contributed by atoms with E-state index in [9.17, 15) is 13.2 Å². The van der Waals surface area contributed by atoms with Crippen molar-refractivity contribution in [2.24, 2.45) is 11.7 Å². The molecular weight excluding hydrogens is 226 g/mol. The monoisotopic (exact) mass is 239 g/mol. The average Bonchev–Trinajstić information content (AvgIpc) is 2.58. The lowest BCUT2D eigenvalue weighted by molar-refractivity contribution is -0.121. The first kappa shape index (κ1) is 11.1. The molecule has 1 unspecified atom stereocenters. The van der Waals surface area contributed by atoms with E-state index in [0.29, 0.717) is 17.7 Å². The first-order valence-electron chi connectivity index (χ1n) is 4.99. The maximum absolute atomic E-state index is 11.4. The van der Waals surface area contributed by atoms with E-state index >= 15 is 0 Å². The smallest absolute Gasteiger partial charge is 0.221 e. The normalized spacial score (nSPS) is 19.4. The highest BCUT2D eigenvalue weighted by atomic mass is 32.2. The topological polar surface area (TPSA) is 77.2 Å². The maximum Gasteiger partial charge on any atom is 0.221 e. The van der Waals surface area contributed by atoms with Crippen molar-refractivity contribution in [3.05, 3.63) is 29.3 Å². The van der Waals surface area contributed by atoms with Crippen molar-refractivity contribution in [3.63, 3.8) is 0 Å². The van der Waals surface area contributed by atoms with Gasteiger partial charge in [0.2, 0.25) is 5.91 Å². The second-order valence-corrected chi connectivity index (χ2v) is 6.23. The Balaban J connectivity index is 2.39. The van der Waals surface area contributed by atoms with Crippen molar-refractivity contribution in [2.75, 3.05) is 6.26 Å². The van der Waals surface area contributed by atoms with Crippen LogP contribution >= 0.6 is 0 Å². The van der Waals surface area contributed by atoms with Crippen LogP contribution in [-0.2, 0) is 27.5 Å². The molecule has 2 rings (SSSR count). The Morgan fingerprint density at radius 2 is 1.94 bits per heavy atom. The van der Waals surface area contributed by atoms with Gasteiger partial charge >= 0.3 is 0 Å². The van der Waals surface area contributed by atoms with Gasteiger partial charge in [-0.25, -0.2) is 8.42 Å². The Morgan fingerprint density at radius 3 is 2.50 bits per heavy atom. The lowest BCUT2D eigenvalue weighted by Gasteiger charge is -2.02. The summed E-state index contributed by atoms with van der Waals surface area (Å²) in [4.78, 5) is 11.4. The SMILES string of the molecule is CS(=O)(=O)c1ccc2c(c1)CC(C(N)=O)C2. The third kappa shape index (κ3) is 1.95. The molecule has 0 saturated heterocycles. The zero-order valence-electron chi connectivity index (χ0n) is 8.93. The van der Waals surface area contributed by atoms with Crippen LogP contribution in [0.25, 0.3) is 0 Å². The van der Waals surface area contributed by atoms with Gasteiger partial charge in [-0.15, -0.1) is 0 Å². The summed E-state index contributed by atoms with van der Waals surface area (Å²) >= 11 is 0. The molecular formula is C11H13NO3S. The van der Waals surface area contributed by atoms with Gasteiger partial charge in [-0.2, -0.15) is 0 Å². The van der Waals surface area contributed by atoms with Crippen LogP contribution in [0.2, 0.25) is 0 Å². The predicted molar refractivity (Wildman–Crippen MR) is 59.6 cm³/mol. The molecule has 5 heteroatoms. The molecule has 1 aliphatic rings. The van der Waals surface area contributed by atoms with E-state index < -0.39 is 9.84 Å². The number of hydrogen-bond donors (Lipinski definition) is 1. The fraction of sp³-hybridized carbons (Fsp3) is 0.364. The van der Waals surface area contributed by atoms with Gasteiger partial charge in [0.05, 0.1) is 4.90 Å². The van der Waals surface area contributed by atoms with Gasteiger partial charge in [-0.3, -0.25) is 4.79 Å². The summed E-state index contributed by atoms with van der Waals surface area (Å²) < 4.78 is 22.7. The van der Waals surface area contributed by atoms with E-state index in [1.54, 1.807) is 18.2 Å². The van der Waals surface area contributed by atoms with Crippen LogP contribution in [0.4, 0.5) is 0 Å². The number of hydrogen-bond acceptors (Lipinski definition) is 3. The largest absolute Gasteiger partial charge is 0.369 e. The van der Waals surface area contributed by atoms with E-state index in [0.717, 1.165) is 11.1 Å². The summed E-state index contributed by atoms with van der Waals surface area (Å²) in [6.45, 7) is 0. The highest BCUT2D eigenvalue weighted by molar-refractivity contribution is 7.90. The Bertz CT molecular complexity index is 548. The molecule has 0 saturated carbocycles. The highest BCUT2D eigenvalue weighted by Gasteiger charge is 2.26. The molecule has 1 aliphatic carbocycles. The predicted octanol–water partition coefficient (Wildman–Crippen LogP) is 0.290. The van der Waals surface area contributed by atoms with Crippen molar-refractivity contribution in [2.45, 2.75) is 17.7 Å². The van der Waals surface area contributed by atoms with Gasteiger partial charge in [-0.05, 0) is 36.1 Å². The highest BCUT2D eigenvalue weighted by Crippen LogP contribution is 2.28. The molecule has 0 bridgehead atoms. The minimum absolute atomic E-state index is 0.190. The number of nitrogens with two attached hydrogens (primary N) is 1. The lowest BCUT2D eigenvalue weighted by atomic mass is 10.1. The first-order chi connectivity index (χ1) is 7.38. The van der Waals surface area contributed by atoms with Crippen LogP contribution in [0.5, 0.6) is 0 Å². The molecule has 0 aromatic heterocycles. The Kier molecular flexibility index (Phi) is 2.50. The van der Waals surface area contributed by atoms with Crippen molar-refractivity contribution in [1.29, 1.82) is 0 Å². The fourth-order valence-electron chi connectivity index (χ4n) is 2.03. The van der Waals surface area contributed by atoms with E-state index in [1.165, 1.54) is 6.26 Å². The quantitative estimate of drug-likeness (QED) is 0.805. The molecule has 0 aliphatic heterocycles. The van der Waals surface area contributed by atoms with Gasteiger partial charge in [-0.1, -0.05) is 6.07 Å². The summed E-state index contributed by atoms with van der Waals surface area (Å²) in [5.41, 5.74) is 7.19. The van der Waals surface area contributed by atoms with E-state index in [-0.39, 0.29) is 11.8 Å². The maximum atomic E-state index is 11.4. The molecule has 0 radical (unpaired) electrons. The minimum Gasteiger partial charge on any atom is -0.369 e. The number of carbonyl (C=O) groups is 1. The van der Waals surface area contributed by atoms with Gasteiger partial charge in [0.15, 0.2) is 9.84 Å². The van der Waals surface area contributed by atoms with Gasteiger partial charge in [0.25, 0.3) is 0 Å².